The SMILES string of the molecule is CN1CCCC(O)(C(F)(F)F)CC1. The largest absolute Gasteiger partial charge is 0.417 e. The molecule has 0 aromatic rings. The van der Waals surface area contributed by atoms with Crippen molar-refractivity contribution in [2.24, 2.45) is 0 Å². The van der Waals surface area contributed by atoms with Crippen molar-refractivity contribution >= 4 is 0 Å². The molecule has 0 aliphatic carbocycles. The number of halogens is 3. The molecule has 78 valence electrons. The molecule has 0 bridgehead atoms. The van der Waals surface area contributed by atoms with Gasteiger partial charge in [0.1, 0.15) is 0 Å². The van der Waals surface area contributed by atoms with Gasteiger partial charge in [-0.15, -0.1) is 0 Å². The zero-order valence-electron chi connectivity index (χ0n) is 7.56. The number of hydrogen-bond acceptors (Lipinski definition) is 2. The fourth-order valence-corrected chi connectivity index (χ4v) is 1.54. The standard InChI is InChI=1S/C8H14F3NO/c1-12-5-2-3-7(13,4-6-12)8(9,10)11/h13H,2-6H2,1H3. The van der Waals surface area contributed by atoms with Crippen LogP contribution in [0.3, 0.4) is 0 Å². The highest BCUT2D eigenvalue weighted by atomic mass is 19.4. The number of likely N-dealkylation sites (tertiary alicyclic amines) is 1. The molecule has 1 aliphatic rings. The molecule has 1 saturated heterocycles. The molecule has 0 amide bonds. The molecule has 1 rings (SSSR count). The summed E-state index contributed by atoms with van der Waals surface area (Å²) in [5.74, 6) is 0. The van der Waals surface area contributed by atoms with Crippen molar-refractivity contribution in [3.05, 3.63) is 0 Å². The second-order valence-electron chi connectivity index (χ2n) is 3.69. The van der Waals surface area contributed by atoms with Gasteiger partial charge >= 0.3 is 6.18 Å². The van der Waals surface area contributed by atoms with E-state index in [1.807, 2.05) is 4.90 Å². The van der Waals surface area contributed by atoms with Crippen LogP contribution in [0.2, 0.25) is 0 Å². The maximum Gasteiger partial charge on any atom is 0.417 e. The molecule has 1 unspecified atom stereocenters. The van der Waals surface area contributed by atoms with Gasteiger partial charge in [-0.1, -0.05) is 0 Å². The van der Waals surface area contributed by atoms with Gasteiger partial charge in [-0.3, -0.25) is 0 Å². The normalized spacial score (nSPS) is 33.0. The van der Waals surface area contributed by atoms with Gasteiger partial charge < -0.3 is 10.0 Å². The zero-order chi connectivity index (χ0) is 10.1. The van der Waals surface area contributed by atoms with E-state index >= 15 is 0 Å². The maximum atomic E-state index is 12.4. The van der Waals surface area contributed by atoms with E-state index in [9.17, 15) is 18.3 Å². The van der Waals surface area contributed by atoms with E-state index in [1.54, 1.807) is 7.05 Å². The molecule has 0 aromatic heterocycles. The summed E-state index contributed by atoms with van der Waals surface area (Å²) >= 11 is 0. The van der Waals surface area contributed by atoms with E-state index in [2.05, 4.69) is 0 Å². The van der Waals surface area contributed by atoms with Crippen molar-refractivity contribution in [2.45, 2.75) is 31.0 Å². The van der Waals surface area contributed by atoms with Gasteiger partial charge in [0.25, 0.3) is 0 Å². The highest BCUT2D eigenvalue weighted by Crippen LogP contribution is 2.37. The van der Waals surface area contributed by atoms with Gasteiger partial charge in [0.2, 0.25) is 0 Å². The molecule has 1 heterocycles. The van der Waals surface area contributed by atoms with E-state index in [0.29, 0.717) is 19.5 Å². The molecule has 0 spiro atoms. The molecule has 1 fully saturated rings. The van der Waals surface area contributed by atoms with Crippen LogP contribution >= 0.6 is 0 Å². The van der Waals surface area contributed by atoms with E-state index in [1.165, 1.54) is 0 Å². The molecule has 13 heavy (non-hydrogen) atoms. The first-order chi connectivity index (χ1) is 5.85. The number of nitrogens with zero attached hydrogens (tertiary/aromatic N) is 1. The van der Waals surface area contributed by atoms with Gasteiger partial charge in [0.05, 0.1) is 0 Å². The molecule has 0 aromatic carbocycles. The summed E-state index contributed by atoms with van der Waals surface area (Å²) in [5.41, 5.74) is -2.46. The topological polar surface area (TPSA) is 23.5 Å². The first kappa shape index (κ1) is 10.8. The van der Waals surface area contributed by atoms with Crippen LogP contribution in [-0.2, 0) is 0 Å². The Hall–Kier alpha value is -0.290. The summed E-state index contributed by atoms with van der Waals surface area (Å²) in [6, 6.07) is 0. The lowest BCUT2D eigenvalue weighted by Crippen LogP contribution is -2.45. The van der Waals surface area contributed by atoms with Crippen molar-refractivity contribution in [1.29, 1.82) is 0 Å². The minimum absolute atomic E-state index is 0.180. The molecular formula is C8H14F3NO. The fourth-order valence-electron chi connectivity index (χ4n) is 1.54. The smallest absolute Gasteiger partial charge is 0.380 e. The van der Waals surface area contributed by atoms with Crippen molar-refractivity contribution < 1.29 is 18.3 Å². The van der Waals surface area contributed by atoms with Gasteiger partial charge in [0.15, 0.2) is 5.60 Å². The predicted molar refractivity (Wildman–Crippen MR) is 42.4 cm³/mol. The summed E-state index contributed by atoms with van der Waals surface area (Å²) < 4.78 is 37.1. The fraction of sp³-hybridized carbons (Fsp3) is 1.00. The number of aliphatic hydroxyl groups is 1. The summed E-state index contributed by atoms with van der Waals surface area (Å²) in [4.78, 5) is 1.81. The molecular weight excluding hydrogens is 183 g/mol. The lowest BCUT2D eigenvalue weighted by molar-refractivity contribution is -0.263. The molecule has 1 atom stereocenters. The molecule has 0 radical (unpaired) electrons. The molecule has 5 heteroatoms. The Labute approximate surface area is 75.3 Å². The molecule has 1 N–H and O–H groups in total. The minimum Gasteiger partial charge on any atom is -0.380 e. The average Bonchev–Trinajstić information content (AvgIpc) is 2.13. The van der Waals surface area contributed by atoms with Crippen LogP contribution in [-0.4, -0.2) is 41.9 Å². The Morgan fingerprint density at radius 1 is 1.23 bits per heavy atom. The third-order valence-corrected chi connectivity index (χ3v) is 2.56. The molecule has 1 aliphatic heterocycles. The lowest BCUT2D eigenvalue weighted by atomic mass is 9.94. The van der Waals surface area contributed by atoms with E-state index in [4.69, 9.17) is 0 Å². The van der Waals surface area contributed by atoms with Gasteiger partial charge in [-0.05, 0) is 32.9 Å². The first-order valence-electron chi connectivity index (χ1n) is 4.33. The second kappa shape index (κ2) is 3.46. The quantitative estimate of drug-likeness (QED) is 0.634. The zero-order valence-corrected chi connectivity index (χ0v) is 7.56. The van der Waals surface area contributed by atoms with E-state index in [0.717, 1.165) is 0 Å². The Morgan fingerprint density at radius 3 is 2.38 bits per heavy atom. The third-order valence-electron chi connectivity index (χ3n) is 2.56. The van der Waals surface area contributed by atoms with E-state index < -0.39 is 11.8 Å². The first-order valence-corrected chi connectivity index (χ1v) is 4.33. The summed E-state index contributed by atoms with van der Waals surface area (Å²) in [7, 11) is 1.77. The Balaban J connectivity index is 2.68. The average molecular weight is 197 g/mol. The maximum absolute atomic E-state index is 12.4. The van der Waals surface area contributed by atoms with Crippen LogP contribution in [0, 0.1) is 0 Å². The Kier molecular flexibility index (Phi) is 2.87. The minimum atomic E-state index is -4.49. The highest BCUT2D eigenvalue weighted by Gasteiger charge is 2.53. The highest BCUT2D eigenvalue weighted by molar-refractivity contribution is 4.89. The van der Waals surface area contributed by atoms with Gasteiger partial charge in [-0.2, -0.15) is 13.2 Å². The number of alkyl halides is 3. The number of hydrogen-bond donors (Lipinski definition) is 1. The lowest BCUT2D eigenvalue weighted by Gasteiger charge is -2.28. The van der Waals surface area contributed by atoms with Crippen molar-refractivity contribution in [3.63, 3.8) is 0 Å². The van der Waals surface area contributed by atoms with Crippen LogP contribution in [0.5, 0.6) is 0 Å². The predicted octanol–water partition coefficient (Wildman–Crippen LogP) is 1.40. The third kappa shape index (κ3) is 2.34. The Morgan fingerprint density at radius 2 is 1.85 bits per heavy atom. The second-order valence-corrected chi connectivity index (χ2v) is 3.69. The van der Waals surface area contributed by atoms with Crippen LogP contribution in [0.4, 0.5) is 13.2 Å². The van der Waals surface area contributed by atoms with Crippen LogP contribution in [0.15, 0.2) is 0 Å². The van der Waals surface area contributed by atoms with Crippen LogP contribution < -0.4 is 0 Å². The molecule has 2 nitrogen and oxygen atoms in total. The summed E-state index contributed by atoms with van der Waals surface area (Å²) in [6.07, 6.45) is -4.49. The Bertz CT molecular complexity index is 183. The van der Waals surface area contributed by atoms with E-state index in [-0.39, 0.29) is 12.8 Å². The van der Waals surface area contributed by atoms with Crippen molar-refractivity contribution in [2.75, 3.05) is 20.1 Å². The van der Waals surface area contributed by atoms with Crippen molar-refractivity contribution in [3.8, 4) is 0 Å². The van der Waals surface area contributed by atoms with Gasteiger partial charge in [0, 0.05) is 6.54 Å². The summed E-state index contributed by atoms with van der Waals surface area (Å²) in [6.45, 7) is 0.925. The van der Waals surface area contributed by atoms with Crippen molar-refractivity contribution in [1.82, 2.24) is 4.90 Å². The summed E-state index contributed by atoms with van der Waals surface area (Å²) in [5, 5.41) is 9.35. The monoisotopic (exact) mass is 197 g/mol. The van der Waals surface area contributed by atoms with Gasteiger partial charge in [-0.25, -0.2) is 0 Å². The number of rotatable bonds is 0. The molecule has 0 saturated carbocycles. The van der Waals surface area contributed by atoms with Crippen LogP contribution in [0.1, 0.15) is 19.3 Å². The van der Waals surface area contributed by atoms with Crippen LogP contribution in [0.25, 0.3) is 0 Å².